The maximum Gasteiger partial charge on any atom is 0.255 e. The van der Waals surface area contributed by atoms with E-state index in [2.05, 4.69) is 12.2 Å². The van der Waals surface area contributed by atoms with Crippen molar-refractivity contribution < 1.29 is 4.79 Å². The molecule has 0 saturated heterocycles. The summed E-state index contributed by atoms with van der Waals surface area (Å²) in [5, 5.41) is 2.86. The number of anilines is 2. The van der Waals surface area contributed by atoms with Crippen LogP contribution in [0.5, 0.6) is 0 Å². The monoisotopic (exact) mass is 286 g/mol. The molecule has 3 nitrogen and oxygen atoms in total. The second-order valence-electron chi connectivity index (χ2n) is 4.45. The van der Waals surface area contributed by atoms with Crippen molar-refractivity contribution in [3.8, 4) is 0 Å². The van der Waals surface area contributed by atoms with Crippen molar-refractivity contribution in [2.24, 2.45) is 0 Å². The zero-order valence-electron chi connectivity index (χ0n) is 11.6. The van der Waals surface area contributed by atoms with Crippen LogP contribution in [0.3, 0.4) is 0 Å². The summed E-state index contributed by atoms with van der Waals surface area (Å²) in [4.78, 5) is 13.3. The summed E-state index contributed by atoms with van der Waals surface area (Å²) in [7, 11) is 0. The van der Waals surface area contributed by atoms with Crippen LogP contribution >= 0.6 is 11.8 Å². The lowest BCUT2D eigenvalue weighted by Crippen LogP contribution is -2.12. The van der Waals surface area contributed by atoms with Gasteiger partial charge < -0.3 is 11.1 Å². The van der Waals surface area contributed by atoms with E-state index in [9.17, 15) is 4.79 Å². The average molecular weight is 286 g/mol. The number of nitrogens with two attached hydrogens (primary N) is 1. The minimum atomic E-state index is -0.124. The van der Waals surface area contributed by atoms with E-state index in [1.807, 2.05) is 42.7 Å². The molecule has 2 aromatic carbocycles. The molecule has 104 valence electrons. The predicted molar refractivity (Wildman–Crippen MR) is 86.4 cm³/mol. The van der Waals surface area contributed by atoms with Crippen LogP contribution in [0.2, 0.25) is 0 Å². The highest BCUT2D eigenvalue weighted by Crippen LogP contribution is 2.20. The van der Waals surface area contributed by atoms with Crippen LogP contribution in [-0.2, 0) is 6.42 Å². The molecule has 3 N–H and O–H groups in total. The molecular formula is C16H18N2OS. The van der Waals surface area contributed by atoms with E-state index < -0.39 is 0 Å². The zero-order chi connectivity index (χ0) is 14.5. The molecule has 1 amide bonds. The Labute approximate surface area is 123 Å². The summed E-state index contributed by atoms with van der Waals surface area (Å²) in [5.74, 6) is -0.124. The van der Waals surface area contributed by atoms with Gasteiger partial charge in [-0.15, -0.1) is 11.8 Å². The third-order valence-electron chi connectivity index (χ3n) is 3.14. The van der Waals surface area contributed by atoms with Crippen LogP contribution < -0.4 is 11.1 Å². The van der Waals surface area contributed by atoms with Crippen molar-refractivity contribution in [1.29, 1.82) is 0 Å². The van der Waals surface area contributed by atoms with Crippen molar-refractivity contribution in [1.82, 2.24) is 0 Å². The van der Waals surface area contributed by atoms with E-state index in [0.29, 0.717) is 11.3 Å². The molecule has 4 heteroatoms. The maximum atomic E-state index is 12.1. The van der Waals surface area contributed by atoms with E-state index in [-0.39, 0.29) is 5.91 Å². The molecule has 0 aliphatic heterocycles. The van der Waals surface area contributed by atoms with E-state index in [1.54, 1.807) is 17.8 Å². The molecule has 20 heavy (non-hydrogen) atoms. The summed E-state index contributed by atoms with van der Waals surface area (Å²) in [6.45, 7) is 2.05. The van der Waals surface area contributed by atoms with Crippen LogP contribution in [-0.4, -0.2) is 12.2 Å². The van der Waals surface area contributed by atoms with Gasteiger partial charge in [0.25, 0.3) is 5.91 Å². The van der Waals surface area contributed by atoms with Gasteiger partial charge in [-0.05, 0) is 54.6 Å². The highest BCUT2D eigenvalue weighted by molar-refractivity contribution is 7.98. The Morgan fingerprint density at radius 1 is 1.20 bits per heavy atom. The fourth-order valence-electron chi connectivity index (χ4n) is 1.94. The topological polar surface area (TPSA) is 55.1 Å². The number of nitrogen functional groups attached to an aromatic ring is 1. The normalized spacial score (nSPS) is 10.3. The predicted octanol–water partition coefficient (Wildman–Crippen LogP) is 3.81. The summed E-state index contributed by atoms with van der Waals surface area (Å²) < 4.78 is 0. The number of benzene rings is 2. The molecule has 0 heterocycles. The van der Waals surface area contributed by atoms with E-state index >= 15 is 0 Å². The van der Waals surface area contributed by atoms with Crippen molar-refractivity contribution in [2.75, 3.05) is 17.3 Å². The molecule has 2 rings (SSSR count). The number of amides is 1. The Kier molecular flexibility index (Phi) is 4.69. The largest absolute Gasteiger partial charge is 0.398 e. The number of thioether (sulfide) groups is 1. The molecule has 0 aliphatic carbocycles. The van der Waals surface area contributed by atoms with Crippen LogP contribution in [0.4, 0.5) is 11.4 Å². The third kappa shape index (κ3) is 3.33. The van der Waals surface area contributed by atoms with Gasteiger partial charge in [-0.25, -0.2) is 0 Å². The highest BCUT2D eigenvalue weighted by atomic mass is 32.2. The van der Waals surface area contributed by atoms with Gasteiger partial charge in [0.05, 0.1) is 0 Å². The summed E-state index contributed by atoms with van der Waals surface area (Å²) in [6, 6.07) is 13.1. The van der Waals surface area contributed by atoms with Gasteiger partial charge in [0.15, 0.2) is 0 Å². The fraction of sp³-hybridized carbons (Fsp3) is 0.188. The summed E-state index contributed by atoms with van der Waals surface area (Å²) >= 11 is 1.65. The van der Waals surface area contributed by atoms with Gasteiger partial charge in [0.1, 0.15) is 0 Å². The second-order valence-corrected chi connectivity index (χ2v) is 5.33. The number of aryl methyl sites for hydroxylation is 1. The summed E-state index contributed by atoms with van der Waals surface area (Å²) in [6.07, 6.45) is 2.89. The standard InChI is InChI=1S/C16H18N2OS/c1-3-11-4-7-13(10-15(11)17)18-16(19)12-5-8-14(20-2)9-6-12/h4-10H,3,17H2,1-2H3,(H,18,19). The van der Waals surface area contributed by atoms with Crippen LogP contribution in [0.25, 0.3) is 0 Å². The number of carbonyl (C=O) groups excluding carboxylic acids is 1. The molecule has 0 bridgehead atoms. The lowest BCUT2D eigenvalue weighted by atomic mass is 10.1. The first-order valence-corrected chi connectivity index (χ1v) is 7.70. The Bertz CT molecular complexity index is 608. The van der Waals surface area contributed by atoms with Crippen molar-refractivity contribution in [3.63, 3.8) is 0 Å². The second kappa shape index (κ2) is 6.48. The van der Waals surface area contributed by atoms with Gasteiger partial charge in [0.2, 0.25) is 0 Å². The number of carbonyl (C=O) groups is 1. The van der Waals surface area contributed by atoms with Crippen molar-refractivity contribution in [2.45, 2.75) is 18.2 Å². The molecule has 0 spiro atoms. The van der Waals surface area contributed by atoms with Crippen LogP contribution in [0, 0.1) is 0 Å². The van der Waals surface area contributed by atoms with Gasteiger partial charge >= 0.3 is 0 Å². The van der Waals surface area contributed by atoms with E-state index in [4.69, 9.17) is 5.73 Å². The van der Waals surface area contributed by atoms with Gasteiger partial charge in [-0.2, -0.15) is 0 Å². The molecule has 0 aromatic heterocycles. The molecular weight excluding hydrogens is 268 g/mol. The van der Waals surface area contributed by atoms with Crippen LogP contribution in [0.15, 0.2) is 47.4 Å². The van der Waals surface area contributed by atoms with Crippen LogP contribution in [0.1, 0.15) is 22.8 Å². The van der Waals surface area contributed by atoms with E-state index in [1.165, 1.54) is 0 Å². The lowest BCUT2D eigenvalue weighted by Gasteiger charge is -2.09. The molecule has 0 atom stereocenters. The van der Waals surface area contributed by atoms with Gasteiger partial charge in [-0.3, -0.25) is 4.79 Å². The fourth-order valence-corrected chi connectivity index (χ4v) is 2.35. The Morgan fingerprint density at radius 2 is 1.90 bits per heavy atom. The third-order valence-corrected chi connectivity index (χ3v) is 3.88. The summed E-state index contributed by atoms with van der Waals surface area (Å²) in [5.41, 5.74) is 9.09. The SMILES string of the molecule is CCc1ccc(NC(=O)c2ccc(SC)cc2)cc1N. The first kappa shape index (κ1) is 14.5. The quantitative estimate of drug-likeness (QED) is 0.664. The average Bonchev–Trinajstić information content (AvgIpc) is 2.47. The number of nitrogens with one attached hydrogen (secondary N) is 1. The number of hydrogen-bond donors (Lipinski definition) is 2. The lowest BCUT2D eigenvalue weighted by molar-refractivity contribution is 0.102. The number of rotatable bonds is 4. The number of hydrogen-bond acceptors (Lipinski definition) is 3. The molecule has 0 unspecified atom stereocenters. The Hall–Kier alpha value is -1.94. The molecule has 0 saturated carbocycles. The smallest absolute Gasteiger partial charge is 0.255 e. The molecule has 2 aromatic rings. The minimum absolute atomic E-state index is 0.124. The molecule has 0 aliphatic rings. The first-order valence-electron chi connectivity index (χ1n) is 6.48. The minimum Gasteiger partial charge on any atom is -0.398 e. The Morgan fingerprint density at radius 3 is 2.45 bits per heavy atom. The van der Waals surface area contributed by atoms with Crippen molar-refractivity contribution in [3.05, 3.63) is 53.6 Å². The van der Waals surface area contributed by atoms with E-state index in [0.717, 1.165) is 22.6 Å². The maximum absolute atomic E-state index is 12.1. The molecule has 0 radical (unpaired) electrons. The Balaban J connectivity index is 2.12. The molecule has 0 fully saturated rings. The van der Waals surface area contributed by atoms with Gasteiger partial charge in [-0.1, -0.05) is 13.0 Å². The highest BCUT2D eigenvalue weighted by Gasteiger charge is 2.07. The first-order chi connectivity index (χ1) is 9.63. The van der Waals surface area contributed by atoms with Crippen molar-refractivity contribution >= 4 is 29.0 Å². The zero-order valence-corrected chi connectivity index (χ0v) is 12.5. The van der Waals surface area contributed by atoms with Gasteiger partial charge in [0, 0.05) is 21.8 Å².